The van der Waals surface area contributed by atoms with Crippen molar-refractivity contribution in [3.8, 4) is 0 Å². The monoisotopic (exact) mass is 363 g/mol. The Balaban J connectivity index is 1.65. The molecule has 6 heteroatoms. The average molecular weight is 364 g/mol. The van der Waals surface area contributed by atoms with Gasteiger partial charge in [0, 0.05) is 43.5 Å². The fourth-order valence-electron chi connectivity index (χ4n) is 2.86. The molecule has 1 aliphatic rings. The van der Waals surface area contributed by atoms with Crippen LogP contribution in [0.25, 0.3) is 0 Å². The number of benzene rings is 1. The van der Waals surface area contributed by atoms with E-state index in [4.69, 9.17) is 15.2 Å². The number of rotatable bonds is 8. The summed E-state index contributed by atoms with van der Waals surface area (Å²) in [5, 5.41) is 3.37. The van der Waals surface area contributed by atoms with Gasteiger partial charge in [-0.2, -0.15) is 0 Å². The van der Waals surface area contributed by atoms with Gasteiger partial charge in [-0.3, -0.25) is 4.79 Å². The molecule has 1 aromatic rings. The number of anilines is 2. The molecule has 26 heavy (non-hydrogen) atoms. The van der Waals surface area contributed by atoms with Gasteiger partial charge in [-0.25, -0.2) is 0 Å². The first kappa shape index (κ1) is 20.5. The topological polar surface area (TPSA) is 76.8 Å². The minimum Gasteiger partial charge on any atom is -0.460 e. The second-order valence-electron chi connectivity index (χ2n) is 7.77. The summed E-state index contributed by atoms with van der Waals surface area (Å²) < 4.78 is 10.7. The first-order valence-corrected chi connectivity index (χ1v) is 9.47. The van der Waals surface area contributed by atoms with Crippen molar-refractivity contribution < 1.29 is 14.3 Å². The normalized spacial score (nSPS) is 16.2. The number of ether oxygens (including phenoxy) is 2. The highest BCUT2D eigenvalue weighted by molar-refractivity contribution is 5.69. The highest BCUT2D eigenvalue weighted by Gasteiger charge is 2.16. The van der Waals surface area contributed by atoms with Gasteiger partial charge in [0.1, 0.15) is 5.60 Å². The molecular weight excluding hydrogens is 330 g/mol. The third kappa shape index (κ3) is 7.62. The first-order valence-electron chi connectivity index (χ1n) is 9.47. The molecule has 2 rings (SSSR count). The van der Waals surface area contributed by atoms with Crippen molar-refractivity contribution >= 4 is 17.3 Å². The number of hydrogen-bond acceptors (Lipinski definition) is 6. The molecule has 1 aliphatic heterocycles. The zero-order valence-corrected chi connectivity index (χ0v) is 16.3. The Kier molecular flexibility index (Phi) is 7.72. The SMILES string of the molecule is CC(C)(C)OC(=O)CCC[C@H](N)CNc1ccc(N2CCOCC2)cc1. The summed E-state index contributed by atoms with van der Waals surface area (Å²) in [6.07, 6.45) is 1.95. The lowest BCUT2D eigenvalue weighted by molar-refractivity contribution is -0.154. The van der Waals surface area contributed by atoms with Crippen LogP contribution in [0.5, 0.6) is 0 Å². The molecule has 0 aliphatic carbocycles. The highest BCUT2D eigenvalue weighted by atomic mass is 16.6. The van der Waals surface area contributed by atoms with E-state index in [-0.39, 0.29) is 12.0 Å². The van der Waals surface area contributed by atoms with E-state index in [1.54, 1.807) is 0 Å². The van der Waals surface area contributed by atoms with E-state index >= 15 is 0 Å². The van der Waals surface area contributed by atoms with Crippen molar-refractivity contribution in [2.24, 2.45) is 5.73 Å². The number of nitrogens with two attached hydrogens (primary N) is 1. The van der Waals surface area contributed by atoms with Gasteiger partial charge < -0.3 is 25.4 Å². The summed E-state index contributed by atoms with van der Waals surface area (Å²) in [6, 6.07) is 8.43. The third-order valence-electron chi connectivity index (χ3n) is 4.19. The quantitative estimate of drug-likeness (QED) is 0.692. The van der Waals surface area contributed by atoms with E-state index in [9.17, 15) is 4.79 Å². The number of nitrogens with zero attached hydrogens (tertiary/aromatic N) is 1. The molecule has 6 nitrogen and oxygen atoms in total. The molecule has 0 amide bonds. The van der Waals surface area contributed by atoms with Crippen LogP contribution < -0.4 is 16.0 Å². The van der Waals surface area contributed by atoms with E-state index < -0.39 is 5.60 Å². The molecule has 1 saturated heterocycles. The van der Waals surface area contributed by atoms with Gasteiger partial charge in [-0.1, -0.05) is 0 Å². The summed E-state index contributed by atoms with van der Waals surface area (Å²) in [5.74, 6) is -0.156. The van der Waals surface area contributed by atoms with Crippen LogP contribution in [0.3, 0.4) is 0 Å². The van der Waals surface area contributed by atoms with Crippen molar-refractivity contribution in [2.75, 3.05) is 43.1 Å². The Morgan fingerprint density at radius 2 is 1.92 bits per heavy atom. The maximum Gasteiger partial charge on any atom is 0.306 e. The van der Waals surface area contributed by atoms with Gasteiger partial charge in [0.25, 0.3) is 0 Å². The van der Waals surface area contributed by atoms with Gasteiger partial charge in [-0.15, -0.1) is 0 Å². The second-order valence-corrected chi connectivity index (χ2v) is 7.77. The predicted octanol–water partition coefficient (Wildman–Crippen LogP) is 2.77. The van der Waals surface area contributed by atoms with Crippen LogP contribution in [0.1, 0.15) is 40.0 Å². The molecule has 0 radical (unpaired) electrons. The van der Waals surface area contributed by atoms with Gasteiger partial charge in [-0.05, 0) is 57.9 Å². The lowest BCUT2D eigenvalue weighted by atomic mass is 10.1. The van der Waals surface area contributed by atoms with Crippen LogP contribution in [0.2, 0.25) is 0 Å². The Morgan fingerprint density at radius 1 is 1.27 bits per heavy atom. The molecule has 3 N–H and O–H groups in total. The smallest absolute Gasteiger partial charge is 0.306 e. The third-order valence-corrected chi connectivity index (χ3v) is 4.19. The van der Waals surface area contributed by atoms with Gasteiger partial charge >= 0.3 is 5.97 Å². The van der Waals surface area contributed by atoms with Crippen molar-refractivity contribution in [3.05, 3.63) is 24.3 Å². The van der Waals surface area contributed by atoms with E-state index in [1.165, 1.54) is 5.69 Å². The number of nitrogens with one attached hydrogen (secondary N) is 1. The Labute approximate surface area is 157 Å². The Hall–Kier alpha value is -1.79. The maximum atomic E-state index is 11.7. The van der Waals surface area contributed by atoms with E-state index in [1.807, 2.05) is 20.8 Å². The summed E-state index contributed by atoms with van der Waals surface area (Å²) in [6.45, 7) is 9.78. The number of esters is 1. The number of carbonyl (C=O) groups excluding carboxylic acids is 1. The molecule has 1 atom stereocenters. The van der Waals surface area contributed by atoms with Crippen molar-refractivity contribution in [1.29, 1.82) is 0 Å². The lowest BCUT2D eigenvalue weighted by Gasteiger charge is -2.29. The molecule has 1 aromatic carbocycles. The molecule has 0 saturated carbocycles. The molecule has 0 spiro atoms. The van der Waals surface area contributed by atoms with Crippen LogP contribution in [0, 0.1) is 0 Å². The minimum atomic E-state index is -0.422. The van der Waals surface area contributed by atoms with Crippen molar-refractivity contribution in [2.45, 2.75) is 51.7 Å². The summed E-state index contributed by atoms with van der Waals surface area (Å²) in [7, 11) is 0. The van der Waals surface area contributed by atoms with E-state index in [2.05, 4.69) is 34.5 Å². The molecular formula is C20H33N3O3. The number of carbonyl (C=O) groups is 1. The Morgan fingerprint density at radius 3 is 2.54 bits per heavy atom. The molecule has 0 bridgehead atoms. The molecule has 1 heterocycles. The molecule has 0 aromatic heterocycles. The van der Waals surface area contributed by atoms with Gasteiger partial charge in [0.15, 0.2) is 0 Å². The fourth-order valence-corrected chi connectivity index (χ4v) is 2.86. The summed E-state index contributed by atoms with van der Waals surface area (Å²) in [4.78, 5) is 14.0. The summed E-state index contributed by atoms with van der Waals surface area (Å²) >= 11 is 0. The molecule has 0 unspecified atom stereocenters. The number of hydrogen-bond donors (Lipinski definition) is 2. The lowest BCUT2D eigenvalue weighted by Crippen LogP contribution is -2.36. The van der Waals surface area contributed by atoms with E-state index in [0.717, 1.165) is 44.8 Å². The fraction of sp³-hybridized carbons (Fsp3) is 0.650. The van der Waals surface area contributed by atoms with E-state index in [0.29, 0.717) is 13.0 Å². The Bertz CT molecular complexity index is 548. The zero-order valence-electron chi connectivity index (χ0n) is 16.3. The zero-order chi connectivity index (χ0) is 19.0. The largest absolute Gasteiger partial charge is 0.460 e. The molecule has 146 valence electrons. The highest BCUT2D eigenvalue weighted by Crippen LogP contribution is 2.19. The summed E-state index contributed by atoms with van der Waals surface area (Å²) in [5.41, 5.74) is 8.01. The second kappa shape index (κ2) is 9.78. The van der Waals surface area contributed by atoms with Crippen molar-refractivity contribution in [3.63, 3.8) is 0 Å². The first-order chi connectivity index (χ1) is 12.3. The van der Waals surface area contributed by atoms with Crippen LogP contribution >= 0.6 is 0 Å². The van der Waals surface area contributed by atoms with Crippen LogP contribution in [0.15, 0.2) is 24.3 Å². The van der Waals surface area contributed by atoms with Gasteiger partial charge in [0.2, 0.25) is 0 Å². The van der Waals surface area contributed by atoms with Crippen LogP contribution in [0.4, 0.5) is 11.4 Å². The van der Waals surface area contributed by atoms with Gasteiger partial charge in [0.05, 0.1) is 13.2 Å². The average Bonchev–Trinajstić information content (AvgIpc) is 2.59. The standard InChI is InChI=1S/C20H33N3O3/c1-20(2,3)26-19(24)6-4-5-16(21)15-22-17-7-9-18(10-8-17)23-11-13-25-14-12-23/h7-10,16,22H,4-6,11-15,21H2,1-3H3/t16-/m0/s1. The predicted molar refractivity (Wildman–Crippen MR) is 106 cm³/mol. The van der Waals surface area contributed by atoms with Crippen molar-refractivity contribution in [1.82, 2.24) is 0 Å². The van der Waals surface area contributed by atoms with Crippen LogP contribution in [-0.4, -0.2) is 50.5 Å². The number of morpholine rings is 1. The molecule has 1 fully saturated rings. The minimum absolute atomic E-state index is 0.0105. The maximum absolute atomic E-state index is 11.7. The van der Waals surface area contributed by atoms with Crippen LogP contribution in [-0.2, 0) is 14.3 Å².